The maximum Gasteiger partial charge on any atom is 0.273 e. The predicted molar refractivity (Wildman–Crippen MR) is 118 cm³/mol. The fraction of sp³-hybridized carbons (Fsp3) is 0.0909. The Morgan fingerprint density at radius 1 is 1.13 bits per heavy atom. The minimum Gasteiger partial charge on any atom is -0.436 e. The summed E-state index contributed by atoms with van der Waals surface area (Å²) in [4.78, 5) is 27.8. The summed E-state index contributed by atoms with van der Waals surface area (Å²) in [6.07, 6.45) is 0. The number of carbonyl (C=O) groups excluding carboxylic acids is 1. The number of rotatable bonds is 4. The molecule has 4 rings (SSSR count). The maximum absolute atomic E-state index is 12.7. The first-order valence-corrected chi connectivity index (χ1v) is 9.85. The van der Waals surface area contributed by atoms with E-state index in [0.29, 0.717) is 28.2 Å². The van der Waals surface area contributed by atoms with E-state index in [1.165, 1.54) is 12.1 Å². The number of benzene rings is 3. The highest BCUT2D eigenvalue weighted by Gasteiger charge is 2.18. The van der Waals surface area contributed by atoms with Gasteiger partial charge in [0.15, 0.2) is 5.58 Å². The minimum atomic E-state index is -0.501. The molecule has 0 bridgehead atoms. The lowest BCUT2D eigenvalue weighted by molar-refractivity contribution is -0.385. The molecule has 3 aromatic carbocycles. The number of nitrogens with one attached hydrogen (secondary N) is 1. The summed E-state index contributed by atoms with van der Waals surface area (Å²) >= 11 is 3.48. The van der Waals surface area contributed by atoms with Crippen molar-refractivity contribution in [2.24, 2.45) is 0 Å². The molecule has 8 heteroatoms. The van der Waals surface area contributed by atoms with Crippen LogP contribution >= 0.6 is 15.9 Å². The molecule has 30 heavy (non-hydrogen) atoms. The molecule has 0 saturated heterocycles. The van der Waals surface area contributed by atoms with Gasteiger partial charge in [-0.15, -0.1) is 0 Å². The summed E-state index contributed by atoms with van der Waals surface area (Å²) in [5.74, 6) is 0.0569. The largest absolute Gasteiger partial charge is 0.436 e. The molecule has 1 aromatic heterocycles. The molecule has 150 valence electrons. The first kappa shape index (κ1) is 19.8. The smallest absolute Gasteiger partial charge is 0.273 e. The Kier molecular flexibility index (Phi) is 5.09. The Hall–Kier alpha value is -3.52. The lowest BCUT2D eigenvalue weighted by atomic mass is 10.1. The fourth-order valence-corrected chi connectivity index (χ4v) is 3.42. The number of carbonyl (C=O) groups is 1. The molecular formula is C22H16BrN3O4. The lowest BCUT2D eigenvalue weighted by Gasteiger charge is -2.07. The quantitative estimate of drug-likeness (QED) is 0.292. The van der Waals surface area contributed by atoms with E-state index in [0.717, 1.165) is 15.6 Å². The van der Waals surface area contributed by atoms with Crippen LogP contribution in [0, 0.1) is 24.0 Å². The van der Waals surface area contributed by atoms with E-state index in [4.69, 9.17) is 4.42 Å². The van der Waals surface area contributed by atoms with Crippen molar-refractivity contribution < 1.29 is 14.1 Å². The summed E-state index contributed by atoms with van der Waals surface area (Å²) in [6.45, 7) is 3.54. The minimum absolute atomic E-state index is 0.0935. The molecule has 4 aromatic rings. The SMILES string of the molecule is Cc1cc(-c2nc3cc(NC(=O)c4cccc([N+](=O)[O-])c4C)ccc3o2)ccc1Br. The van der Waals surface area contributed by atoms with Gasteiger partial charge in [0.25, 0.3) is 11.6 Å². The number of aryl methyl sites for hydroxylation is 1. The van der Waals surface area contributed by atoms with Gasteiger partial charge in [0, 0.05) is 32.9 Å². The van der Waals surface area contributed by atoms with Crippen LogP contribution in [0.4, 0.5) is 11.4 Å². The maximum atomic E-state index is 12.7. The highest BCUT2D eigenvalue weighted by molar-refractivity contribution is 9.10. The number of hydrogen-bond donors (Lipinski definition) is 1. The van der Waals surface area contributed by atoms with Crippen molar-refractivity contribution in [3.63, 3.8) is 0 Å². The van der Waals surface area contributed by atoms with E-state index in [9.17, 15) is 14.9 Å². The molecule has 0 saturated carbocycles. The van der Waals surface area contributed by atoms with Crippen LogP contribution in [0.3, 0.4) is 0 Å². The van der Waals surface area contributed by atoms with Gasteiger partial charge in [-0.1, -0.05) is 22.0 Å². The standard InChI is InChI=1S/C22H16BrN3O4/c1-12-10-14(6-8-17(12)23)22-25-18-11-15(7-9-20(18)30-22)24-21(27)16-4-3-5-19(13(16)2)26(28)29/h3-11H,1-2H3,(H,24,27). The normalized spacial score (nSPS) is 10.9. The third kappa shape index (κ3) is 3.69. The number of hydrogen-bond acceptors (Lipinski definition) is 5. The average Bonchev–Trinajstić information content (AvgIpc) is 3.13. The topological polar surface area (TPSA) is 98.3 Å². The van der Waals surface area contributed by atoms with Crippen LogP contribution in [-0.4, -0.2) is 15.8 Å². The molecule has 0 aliphatic rings. The van der Waals surface area contributed by atoms with Crippen molar-refractivity contribution in [3.8, 4) is 11.5 Å². The molecular weight excluding hydrogens is 450 g/mol. The third-order valence-corrected chi connectivity index (χ3v) is 5.69. The van der Waals surface area contributed by atoms with Crippen LogP contribution in [0.1, 0.15) is 21.5 Å². The average molecular weight is 466 g/mol. The number of amides is 1. The van der Waals surface area contributed by atoms with Crippen molar-refractivity contribution in [2.75, 3.05) is 5.32 Å². The van der Waals surface area contributed by atoms with E-state index in [2.05, 4.69) is 26.2 Å². The number of nitrogens with zero attached hydrogens (tertiary/aromatic N) is 2. The molecule has 1 N–H and O–H groups in total. The van der Waals surface area contributed by atoms with Crippen molar-refractivity contribution in [2.45, 2.75) is 13.8 Å². The van der Waals surface area contributed by atoms with Gasteiger partial charge >= 0.3 is 0 Å². The molecule has 0 spiro atoms. The van der Waals surface area contributed by atoms with Crippen LogP contribution in [-0.2, 0) is 0 Å². The van der Waals surface area contributed by atoms with Gasteiger partial charge in [-0.05, 0) is 61.9 Å². The zero-order valence-corrected chi connectivity index (χ0v) is 17.7. The number of nitro benzene ring substituents is 1. The molecule has 0 unspecified atom stereocenters. The highest BCUT2D eigenvalue weighted by Crippen LogP contribution is 2.29. The number of nitro groups is 1. The Morgan fingerprint density at radius 2 is 1.93 bits per heavy atom. The van der Waals surface area contributed by atoms with E-state index in [-0.39, 0.29) is 11.3 Å². The molecule has 0 fully saturated rings. The van der Waals surface area contributed by atoms with Crippen LogP contribution in [0.2, 0.25) is 0 Å². The number of anilines is 1. The second-order valence-electron chi connectivity index (χ2n) is 6.83. The molecule has 0 aliphatic carbocycles. The second-order valence-corrected chi connectivity index (χ2v) is 7.68. The highest BCUT2D eigenvalue weighted by atomic mass is 79.9. The molecule has 0 aliphatic heterocycles. The Labute approximate surface area is 180 Å². The predicted octanol–water partition coefficient (Wildman–Crippen LogP) is 6.03. The molecule has 1 heterocycles. The monoisotopic (exact) mass is 465 g/mol. The second kappa shape index (κ2) is 7.72. The first-order chi connectivity index (χ1) is 14.3. The van der Waals surface area contributed by atoms with Crippen molar-refractivity contribution in [1.29, 1.82) is 0 Å². The summed E-state index contributed by atoms with van der Waals surface area (Å²) in [5.41, 5.74) is 4.09. The van der Waals surface area contributed by atoms with Crippen LogP contribution in [0.15, 0.2) is 63.5 Å². The molecule has 1 amide bonds. The van der Waals surface area contributed by atoms with Gasteiger partial charge < -0.3 is 9.73 Å². The molecule has 0 atom stereocenters. The van der Waals surface area contributed by atoms with Crippen molar-refractivity contribution in [3.05, 3.63) is 85.9 Å². The van der Waals surface area contributed by atoms with Gasteiger partial charge in [0.2, 0.25) is 5.89 Å². The van der Waals surface area contributed by atoms with Crippen molar-refractivity contribution >= 4 is 44.3 Å². The van der Waals surface area contributed by atoms with Gasteiger partial charge in [-0.3, -0.25) is 14.9 Å². The van der Waals surface area contributed by atoms with Gasteiger partial charge in [0.05, 0.1) is 4.92 Å². The van der Waals surface area contributed by atoms with Crippen molar-refractivity contribution in [1.82, 2.24) is 4.98 Å². The number of halogens is 1. The summed E-state index contributed by atoms with van der Waals surface area (Å²) in [7, 11) is 0. The van der Waals surface area contributed by atoms with Gasteiger partial charge in [0.1, 0.15) is 5.52 Å². The number of fused-ring (bicyclic) bond motifs is 1. The van der Waals surface area contributed by atoms with Gasteiger partial charge in [-0.2, -0.15) is 0 Å². The third-order valence-electron chi connectivity index (χ3n) is 4.80. The van der Waals surface area contributed by atoms with E-state index in [1.54, 1.807) is 31.2 Å². The van der Waals surface area contributed by atoms with E-state index in [1.807, 2.05) is 25.1 Å². The zero-order chi connectivity index (χ0) is 21.4. The zero-order valence-electron chi connectivity index (χ0n) is 16.1. The Morgan fingerprint density at radius 3 is 2.67 bits per heavy atom. The number of aromatic nitrogens is 1. The van der Waals surface area contributed by atoms with E-state index >= 15 is 0 Å². The Balaban J connectivity index is 1.63. The summed E-state index contributed by atoms with van der Waals surface area (Å²) < 4.78 is 6.84. The lowest BCUT2D eigenvalue weighted by Crippen LogP contribution is -2.14. The first-order valence-electron chi connectivity index (χ1n) is 9.06. The molecule has 0 radical (unpaired) electrons. The fourth-order valence-electron chi connectivity index (χ4n) is 3.17. The van der Waals surface area contributed by atoms with E-state index < -0.39 is 10.8 Å². The summed E-state index contributed by atoms with van der Waals surface area (Å²) in [6, 6.07) is 15.4. The van der Waals surface area contributed by atoms with Gasteiger partial charge in [-0.25, -0.2) is 4.98 Å². The van der Waals surface area contributed by atoms with Crippen LogP contribution < -0.4 is 5.32 Å². The Bertz CT molecular complexity index is 1310. The van der Waals surface area contributed by atoms with Crippen LogP contribution in [0.25, 0.3) is 22.6 Å². The number of oxazole rings is 1. The van der Waals surface area contributed by atoms with Crippen LogP contribution in [0.5, 0.6) is 0 Å². The molecule has 7 nitrogen and oxygen atoms in total. The summed E-state index contributed by atoms with van der Waals surface area (Å²) in [5, 5.41) is 13.9.